The van der Waals surface area contributed by atoms with Gasteiger partial charge in [-0.25, -0.2) is 0 Å². The normalized spacial score (nSPS) is 21.3. The van der Waals surface area contributed by atoms with E-state index in [9.17, 15) is 4.79 Å². The van der Waals surface area contributed by atoms with Gasteiger partial charge in [-0.1, -0.05) is 13.3 Å². The standard InChI is InChI=1S/C16H23NO2/c1-4-13-9-10-17(11-13)12(2)16(18)14-5-7-15(19-3)8-6-14/h5-8,12-13H,4,9-11H2,1-3H3. The molecule has 1 aliphatic rings. The number of ketones is 1. The lowest BCUT2D eigenvalue weighted by Gasteiger charge is -2.23. The van der Waals surface area contributed by atoms with E-state index in [1.54, 1.807) is 7.11 Å². The lowest BCUT2D eigenvalue weighted by Crippen LogP contribution is -2.37. The first-order valence-electron chi connectivity index (χ1n) is 7.08. The minimum absolute atomic E-state index is 0.0232. The second-order valence-electron chi connectivity index (χ2n) is 5.33. The van der Waals surface area contributed by atoms with Gasteiger partial charge in [-0.05, 0) is 50.1 Å². The number of carbonyl (C=O) groups is 1. The van der Waals surface area contributed by atoms with Gasteiger partial charge < -0.3 is 4.74 Å². The summed E-state index contributed by atoms with van der Waals surface area (Å²) in [4.78, 5) is 14.8. The van der Waals surface area contributed by atoms with E-state index in [2.05, 4.69) is 11.8 Å². The number of likely N-dealkylation sites (tertiary alicyclic amines) is 1. The van der Waals surface area contributed by atoms with Crippen molar-refractivity contribution in [2.24, 2.45) is 5.92 Å². The van der Waals surface area contributed by atoms with Crippen LogP contribution < -0.4 is 4.74 Å². The Labute approximate surface area is 115 Å². The molecule has 0 bridgehead atoms. The van der Waals surface area contributed by atoms with Crippen molar-refractivity contribution in [1.29, 1.82) is 0 Å². The van der Waals surface area contributed by atoms with Crippen LogP contribution >= 0.6 is 0 Å². The van der Waals surface area contributed by atoms with Gasteiger partial charge >= 0.3 is 0 Å². The lowest BCUT2D eigenvalue weighted by molar-refractivity contribution is 0.0862. The Morgan fingerprint density at radius 3 is 2.63 bits per heavy atom. The second-order valence-corrected chi connectivity index (χ2v) is 5.33. The molecule has 2 rings (SSSR count). The summed E-state index contributed by atoms with van der Waals surface area (Å²) in [6.07, 6.45) is 2.43. The fraction of sp³-hybridized carbons (Fsp3) is 0.562. The average Bonchev–Trinajstić information content (AvgIpc) is 2.94. The molecule has 1 aromatic rings. The van der Waals surface area contributed by atoms with Crippen LogP contribution in [0.3, 0.4) is 0 Å². The van der Waals surface area contributed by atoms with Crippen LogP contribution in [0.25, 0.3) is 0 Å². The summed E-state index contributed by atoms with van der Waals surface area (Å²) in [6, 6.07) is 7.37. The van der Waals surface area contributed by atoms with Gasteiger partial charge in [0.25, 0.3) is 0 Å². The third-order valence-electron chi connectivity index (χ3n) is 4.20. The van der Waals surface area contributed by atoms with Gasteiger partial charge in [-0.15, -0.1) is 0 Å². The summed E-state index contributed by atoms with van der Waals surface area (Å²) in [7, 11) is 1.63. The zero-order chi connectivity index (χ0) is 13.8. The molecule has 2 atom stereocenters. The number of hydrogen-bond donors (Lipinski definition) is 0. The SMILES string of the molecule is CCC1CCN(C(C)C(=O)c2ccc(OC)cc2)C1. The number of methoxy groups -OCH3 is 1. The molecule has 0 aliphatic carbocycles. The van der Waals surface area contributed by atoms with E-state index in [1.807, 2.05) is 31.2 Å². The smallest absolute Gasteiger partial charge is 0.179 e. The van der Waals surface area contributed by atoms with Crippen LogP contribution in [-0.2, 0) is 0 Å². The summed E-state index contributed by atoms with van der Waals surface area (Å²) < 4.78 is 5.12. The van der Waals surface area contributed by atoms with Crippen molar-refractivity contribution in [3.8, 4) is 5.75 Å². The summed E-state index contributed by atoms with van der Waals surface area (Å²) >= 11 is 0. The van der Waals surface area contributed by atoms with Crippen LogP contribution in [-0.4, -0.2) is 36.9 Å². The first kappa shape index (κ1) is 14.1. The van der Waals surface area contributed by atoms with Gasteiger partial charge in [0.1, 0.15) is 5.75 Å². The van der Waals surface area contributed by atoms with E-state index < -0.39 is 0 Å². The number of rotatable bonds is 5. The Morgan fingerprint density at radius 1 is 1.42 bits per heavy atom. The molecule has 1 heterocycles. The molecule has 0 radical (unpaired) electrons. The number of hydrogen-bond acceptors (Lipinski definition) is 3. The average molecular weight is 261 g/mol. The van der Waals surface area contributed by atoms with Crippen molar-refractivity contribution in [2.75, 3.05) is 20.2 Å². The van der Waals surface area contributed by atoms with Crippen molar-refractivity contribution in [3.05, 3.63) is 29.8 Å². The maximum Gasteiger partial charge on any atom is 0.179 e. The second kappa shape index (κ2) is 6.20. The third-order valence-corrected chi connectivity index (χ3v) is 4.20. The Kier molecular flexibility index (Phi) is 4.59. The van der Waals surface area contributed by atoms with Crippen molar-refractivity contribution >= 4 is 5.78 Å². The van der Waals surface area contributed by atoms with E-state index in [0.717, 1.165) is 30.3 Å². The molecule has 3 nitrogen and oxygen atoms in total. The van der Waals surface area contributed by atoms with E-state index in [1.165, 1.54) is 12.8 Å². The predicted octanol–water partition coefficient (Wildman–Crippen LogP) is 3.00. The highest BCUT2D eigenvalue weighted by Crippen LogP contribution is 2.23. The molecule has 0 saturated carbocycles. The summed E-state index contributed by atoms with van der Waals surface area (Å²) in [6.45, 7) is 6.34. The molecule has 104 valence electrons. The Bertz CT molecular complexity index is 427. The highest BCUT2D eigenvalue weighted by molar-refractivity contribution is 5.99. The van der Waals surface area contributed by atoms with Crippen molar-refractivity contribution < 1.29 is 9.53 Å². The minimum atomic E-state index is -0.0232. The molecular weight excluding hydrogens is 238 g/mol. The van der Waals surface area contributed by atoms with E-state index in [0.29, 0.717) is 0 Å². The highest BCUT2D eigenvalue weighted by Gasteiger charge is 2.29. The van der Waals surface area contributed by atoms with Crippen LogP contribution in [0.5, 0.6) is 5.75 Å². The molecule has 0 spiro atoms. The topological polar surface area (TPSA) is 29.5 Å². The molecule has 1 aromatic carbocycles. The van der Waals surface area contributed by atoms with E-state index in [-0.39, 0.29) is 11.8 Å². The van der Waals surface area contributed by atoms with E-state index in [4.69, 9.17) is 4.74 Å². The van der Waals surface area contributed by atoms with Gasteiger partial charge in [0.15, 0.2) is 5.78 Å². The predicted molar refractivity (Wildman–Crippen MR) is 76.8 cm³/mol. The molecular formula is C16H23NO2. The van der Waals surface area contributed by atoms with Gasteiger partial charge in [-0.2, -0.15) is 0 Å². The van der Waals surface area contributed by atoms with Crippen LogP contribution in [0, 0.1) is 5.92 Å². The van der Waals surface area contributed by atoms with Crippen molar-refractivity contribution in [3.63, 3.8) is 0 Å². The van der Waals surface area contributed by atoms with Crippen LogP contribution in [0.4, 0.5) is 0 Å². The molecule has 1 fully saturated rings. The van der Waals surface area contributed by atoms with Crippen molar-refractivity contribution in [1.82, 2.24) is 4.90 Å². The first-order chi connectivity index (χ1) is 9.15. The number of nitrogens with zero attached hydrogens (tertiary/aromatic N) is 1. The zero-order valence-electron chi connectivity index (χ0n) is 12.1. The van der Waals surface area contributed by atoms with Crippen molar-refractivity contribution in [2.45, 2.75) is 32.7 Å². The molecule has 1 aliphatic heterocycles. The number of Topliss-reactive ketones (excluding diaryl/α,β-unsaturated/α-hetero) is 1. The molecule has 0 amide bonds. The molecule has 1 saturated heterocycles. The summed E-state index contributed by atoms with van der Waals surface area (Å²) in [5, 5.41) is 0. The number of carbonyl (C=O) groups excluding carboxylic acids is 1. The van der Waals surface area contributed by atoms with E-state index >= 15 is 0 Å². The van der Waals surface area contributed by atoms with Crippen LogP contribution in [0.1, 0.15) is 37.0 Å². The number of ether oxygens (including phenoxy) is 1. The monoisotopic (exact) mass is 261 g/mol. The van der Waals surface area contributed by atoms with Gasteiger partial charge in [0, 0.05) is 12.1 Å². The molecule has 3 heteroatoms. The van der Waals surface area contributed by atoms with Gasteiger partial charge in [-0.3, -0.25) is 9.69 Å². The maximum absolute atomic E-state index is 12.4. The van der Waals surface area contributed by atoms with Gasteiger partial charge in [0.2, 0.25) is 0 Å². The molecule has 0 N–H and O–H groups in total. The Hall–Kier alpha value is -1.35. The van der Waals surface area contributed by atoms with Crippen LogP contribution in [0.2, 0.25) is 0 Å². The Balaban J connectivity index is 2.02. The zero-order valence-corrected chi connectivity index (χ0v) is 12.1. The Morgan fingerprint density at radius 2 is 2.11 bits per heavy atom. The fourth-order valence-corrected chi connectivity index (χ4v) is 2.71. The maximum atomic E-state index is 12.4. The summed E-state index contributed by atoms with van der Waals surface area (Å²) in [5.41, 5.74) is 0.772. The van der Waals surface area contributed by atoms with Crippen LogP contribution in [0.15, 0.2) is 24.3 Å². The molecule has 2 unspecified atom stereocenters. The summed E-state index contributed by atoms with van der Waals surface area (Å²) in [5.74, 6) is 1.75. The third kappa shape index (κ3) is 3.16. The molecule has 19 heavy (non-hydrogen) atoms. The minimum Gasteiger partial charge on any atom is -0.497 e. The largest absolute Gasteiger partial charge is 0.497 e. The fourth-order valence-electron chi connectivity index (χ4n) is 2.71. The lowest BCUT2D eigenvalue weighted by atomic mass is 10.0. The number of benzene rings is 1. The molecule has 0 aromatic heterocycles. The highest BCUT2D eigenvalue weighted by atomic mass is 16.5. The quantitative estimate of drug-likeness (QED) is 0.763. The van der Waals surface area contributed by atoms with Gasteiger partial charge in [0.05, 0.1) is 13.2 Å². The first-order valence-corrected chi connectivity index (χ1v) is 7.08.